The number of carbonyl (C=O) groups excluding carboxylic acids is 2. The molecule has 0 bridgehead atoms. The first kappa shape index (κ1) is 19.2. The van der Waals surface area contributed by atoms with Crippen LogP contribution in [0.1, 0.15) is 30.1 Å². The molecular weight excluding hydrogens is 344 g/mol. The molecule has 1 aromatic rings. The maximum absolute atomic E-state index is 12.2. The van der Waals surface area contributed by atoms with Crippen LogP contribution in [0.5, 0.6) is 0 Å². The maximum atomic E-state index is 12.2. The Bertz CT molecular complexity index is 715. The van der Waals surface area contributed by atoms with Gasteiger partial charge in [0, 0.05) is 31.7 Å². The van der Waals surface area contributed by atoms with Gasteiger partial charge in [0.1, 0.15) is 0 Å². The molecule has 0 saturated carbocycles. The normalized spacial score (nSPS) is 18.6. The third kappa shape index (κ3) is 5.45. The number of hydrogen-bond donors (Lipinski definition) is 1. The number of esters is 1. The van der Waals surface area contributed by atoms with E-state index in [4.69, 9.17) is 4.74 Å². The predicted octanol–water partition coefficient (Wildman–Crippen LogP) is 1.31. The van der Waals surface area contributed by atoms with E-state index in [1.54, 1.807) is 38.2 Å². The van der Waals surface area contributed by atoms with Crippen molar-refractivity contribution < 1.29 is 22.7 Å². The first-order chi connectivity index (χ1) is 11.8. The van der Waals surface area contributed by atoms with Crippen LogP contribution in [-0.4, -0.2) is 62.9 Å². The number of sulfone groups is 1. The van der Waals surface area contributed by atoms with Gasteiger partial charge in [-0.15, -0.1) is 0 Å². The lowest BCUT2D eigenvalue weighted by Gasteiger charge is -2.23. The van der Waals surface area contributed by atoms with Crippen LogP contribution in [0.15, 0.2) is 24.3 Å². The van der Waals surface area contributed by atoms with E-state index in [1.807, 2.05) is 0 Å². The highest BCUT2D eigenvalue weighted by Gasteiger charge is 2.32. The van der Waals surface area contributed by atoms with Gasteiger partial charge in [-0.1, -0.05) is 0 Å². The van der Waals surface area contributed by atoms with Crippen LogP contribution in [0.2, 0.25) is 0 Å². The molecule has 2 rings (SSSR count). The number of nitrogens with zero attached hydrogens (tertiary/aromatic N) is 1. The zero-order chi connectivity index (χ0) is 18.4. The summed E-state index contributed by atoms with van der Waals surface area (Å²) in [6.07, 6.45) is 0.778. The fraction of sp³-hybridized carbons (Fsp3) is 0.529. The molecule has 1 heterocycles. The number of benzene rings is 1. The van der Waals surface area contributed by atoms with Crippen LogP contribution in [0, 0.1) is 0 Å². The average Bonchev–Trinajstić information content (AvgIpc) is 2.94. The summed E-state index contributed by atoms with van der Waals surface area (Å²) in [6.45, 7) is 2.51. The number of nitrogens with one attached hydrogen (secondary N) is 1. The molecule has 25 heavy (non-hydrogen) atoms. The Hall–Kier alpha value is -2.09. The average molecular weight is 368 g/mol. The van der Waals surface area contributed by atoms with Crippen LogP contribution < -0.4 is 5.32 Å². The topological polar surface area (TPSA) is 92.8 Å². The second-order valence-electron chi connectivity index (χ2n) is 6.04. The fourth-order valence-corrected chi connectivity index (χ4v) is 4.49. The second kappa shape index (κ2) is 8.33. The van der Waals surface area contributed by atoms with Gasteiger partial charge in [0.2, 0.25) is 5.91 Å². The maximum Gasteiger partial charge on any atom is 0.338 e. The molecule has 1 atom stereocenters. The van der Waals surface area contributed by atoms with E-state index >= 15 is 0 Å². The largest absolute Gasteiger partial charge is 0.462 e. The monoisotopic (exact) mass is 368 g/mol. The summed E-state index contributed by atoms with van der Waals surface area (Å²) < 4.78 is 27.9. The quantitative estimate of drug-likeness (QED) is 0.730. The van der Waals surface area contributed by atoms with Crippen molar-refractivity contribution in [3.63, 3.8) is 0 Å². The molecule has 1 amide bonds. The van der Waals surface area contributed by atoms with Crippen molar-refractivity contribution in [2.75, 3.05) is 37.0 Å². The summed E-state index contributed by atoms with van der Waals surface area (Å²) in [5.41, 5.74) is 1.28. The van der Waals surface area contributed by atoms with Crippen LogP contribution in [0.4, 0.5) is 5.69 Å². The molecule has 1 aromatic carbocycles. The number of carbonyl (C=O) groups is 2. The highest BCUT2D eigenvalue weighted by Crippen LogP contribution is 2.17. The van der Waals surface area contributed by atoms with Gasteiger partial charge in [-0.2, -0.15) is 0 Å². The Morgan fingerprint density at radius 3 is 2.52 bits per heavy atom. The van der Waals surface area contributed by atoms with Gasteiger partial charge in [-0.3, -0.25) is 4.79 Å². The molecule has 1 N–H and O–H groups in total. The van der Waals surface area contributed by atoms with Gasteiger partial charge in [0.05, 0.1) is 23.7 Å². The zero-order valence-electron chi connectivity index (χ0n) is 14.5. The molecule has 0 aliphatic carbocycles. The van der Waals surface area contributed by atoms with Crippen LogP contribution in [-0.2, 0) is 19.4 Å². The van der Waals surface area contributed by atoms with E-state index in [0.717, 1.165) is 5.69 Å². The minimum Gasteiger partial charge on any atom is -0.462 e. The third-order valence-corrected chi connectivity index (χ3v) is 5.96. The lowest BCUT2D eigenvalue weighted by Crippen LogP contribution is -2.38. The summed E-state index contributed by atoms with van der Waals surface area (Å²) in [6, 6.07) is 6.62. The number of anilines is 1. The Balaban J connectivity index is 1.78. The minimum absolute atomic E-state index is 0.0536. The molecule has 1 fully saturated rings. The number of amides is 1. The number of rotatable bonds is 7. The second-order valence-corrected chi connectivity index (χ2v) is 8.26. The van der Waals surface area contributed by atoms with Gasteiger partial charge < -0.3 is 15.0 Å². The Morgan fingerprint density at radius 1 is 1.28 bits per heavy atom. The standard InChI is InChI=1S/C17H24N2O5S/c1-3-24-17(21)13-4-6-14(7-5-13)18-10-8-16(20)19(2)15-9-11-25(22,23)12-15/h4-7,15,18H,3,8-12H2,1-2H3. The smallest absolute Gasteiger partial charge is 0.338 e. The molecule has 1 saturated heterocycles. The highest BCUT2D eigenvalue weighted by molar-refractivity contribution is 7.91. The summed E-state index contributed by atoms with van der Waals surface area (Å²) >= 11 is 0. The summed E-state index contributed by atoms with van der Waals surface area (Å²) in [5.74, 6) is -0.242. The molecule has 1 aliphatic heterocycles. The van der Waals surface area contributed by atoms with Crippen LogP contribution in [0.25, 0.3) is 0 Å². The summed E-state index contributed by atoms with van der Waals surface area (Å²) in [4.78, 5) is 25.3. The van der Waals surface area contributed by atoms with Gasteiger partial charge in [0.15, 0.2) is 9.84 Å². The Morgan fingerprint density at radius 2 is 1.96 bits per heavy atom. The molecule has 0 spiro atoms. The van der Waals surface area contributed by atoms with Crippen molar-refractivity contribution in [2.45, 2.75) is 25.8 Å². The first-order valence-electron chi connectivity index (χ1n) is 8.29. The fourth-order valence-electron chi connectivity index (χ4n) is 2.71. The number of ether oxygens (including phenoxy) is 1. The van der Waals surface area contributed by atoms with Crippen LogP contribution >= 0.6 is 0 Å². The molecule has 8 heteroatoms. The third-order valence-electron chi connectivity index (χ3n) is 4.21. The van der Waals surface area contributed by atoms with E-state index in [9.17, 15) is 18.0 Å². The van der Waals surface area contributed by atoms with E-state index in [1.165, 1.54) is 4.90 Å². The summed E-state index contributed by atoms with van der Waals surface area (Å²) in [5, 5.41) is 3.12. The Labute approximate surface area is 148 Å². The summed E-state index contributed by atoms with van der Waals surface area (Å²) in [7, 11) is -1.35. The van der Waals surface area contributed by atoms with Crippen molar-refractivity contribution in [3.8, 4) is 0 Å². The van der Waals surface area contributed by atoms with Gasteiger partial charge in [-0.25, -0.2) is 13.2 Å². The molecule has 0 aromatic heterocycles. The number of hydrogen-bond acceptors (Lipinski definition) is 6. The van der Waals surface area contributed by atoms with E-state index in [2.05, 4.69) is 5.32 Å². The first-order valence-corrected chi connectivity index (χ1v) is 10.1. The van der Waals surface area contributed by atoms with Crippen molar-refractivity contribution >= 4 is 27.4 Å². The molecular formula is C17H24N2O5S. The zero-order valence-corrected chi connectivity index (χ0v) is 15.3. The van der Waals surface area contributed by atoms with Gasteiger partial charge in [-0.05, 0) is 37.6 Å². The van der Waals surface area contributed by atoms with E-state index < -0.39 is 9.84 Å². The molecule has 0 radical (unpaired) electrons. The van der Waals surface area contributed by atoms with Crippen molar-refractivity contribution in [2.24, 2.45) is 0 Å². The van der Waals surface area contributed by atoms with E-state index in [0.29, 0.717) is 25.1 Å². The molecule has 138 valence electrons. The predicted molar refractivity (Wildman–Crippen MR) is 95.3 cm³/mol. The lowest BCUT2D eigenvalue weighted by molar-refractivity contribution is -0.131. The lowest BCUT2D eigenvalue weighted by atomic mass is 10.2. The highest BCUT2D eigenvalue weighted by atomic mass is 32.2. The van der Waals surface area contributed by atoms with Crippen molar-refractivity contribution in [1.29, 1.82) is 0 Å². The van der Waals surface area contributed by atoms with Crippen molar-refractivity contribution in [1.82, 2.24) is 4.90 Å². The Kier molecular flexibility index (Phi) is 6.41. The SMILES string of the molecule is CCOC(=O)c1ccc(NCCC(=O)N(C)C2CCS(=O)(=O)C2)cc1. The molecule has 7 nitrogen and oxygen atoms in total. The molecule has 1 unspecified atom stereocenters. The molecule has 1 aliphatic rings. The van der Waals surface area contributed by atoms with Crippen LogP contribution in [0.3, 0.4) is 0 Å². The van der Waals surface area contributed by atoms with Gasteiger partial charge in [0.25, 0.3) is 0 Å². The van der Waals surface area contributed by atoms with E-state index in [-0.39, 0.29) is 35.8 Å². The van der Waals surface area contributed by atoms with Gasteiger partial charge >= 0.3 is 5.97 Å². The minimum atomic E-state index is -3.00. The van der Waals surface area contributed by atoms with Crippen molar-refractivity contribution in [3.05, 3.63) is 29.8 Å².